The van der Waals surface area contributed by atoms with Crippen LogP contribution in [0.4, 0.5) is 0 Å². The maximum absolute atomic E-state index is 11.4. The number of hydrogen-bond acceptors (Lipinski definition) is 6. The molecule has 2 saturated heterocycles. The van der Waals surface area contributed by atoms with Gasteiger partial charge in [-0.25, -0.2) is 4.79 Å². The molecule has 2 N–H and O–H groups in total. The third-order valence-corrected chi connectivity index (χ3v) is 3.70. The molecule has 0 aromatic heterocycles. The van der Waals surface area contributed by atoms with Gasteiger partial charge in [-0.15, -0.1) is 0 Å². The van der Waals surface area contributed by atoms with E-state index in [1.165, 1.54) is 0 Å². The molecule has 6 heteroatoms. The first-order valence-electron chi connectivity index (χ1n) is 6.47. The molecule has 1 unspecified atom stereocenters. The minimum atomic E-state index is -1.34. The van der Waals surface area contributed by atoms with Crippen LogP contribution in [0, 0.1) is 6.92 Å². The summed E-state index contributed by atoms with van der Waals surface area (Å²) in [4.78, 5) is 11.4. The van der Waals surface area contributed by atoms with Gasteiger partial charge in [0.1, 0.15) is 12.2 Å². The lowest BCUT2D eigenvalue weighted by Crippen LogP contribution is -2.49. The van der Waals surface area contributed by atoms with Gasteiger partial charge in [0.2, 0.25) is 0 Å². The summed E-state index contributed by atoms with van der Waals surface area (Å²) >= 11 is 0. The number of benzene rings is 1. The molecule has 3 rings (SSSR count). The number of carbonyl (C=O) groups is 1. The van der Waals surface area contributed by atoms with E-state index in [-0.39, 0.29) is 6.61 Å². The number of aliphatic hydroxyl groups excluding tert-OH is 2. The summed E-state index contributed by atoms with van der Waals surface area (Å²) in [7, 11) is 0. The van der Waals surface area contributed by atoms with E-state index in [0.717, 1.165) is 11.1 Å². The molecule has 2 heterocycles. The Bertz CT molecular complexity index is 516. The molecular weight excluding hydrogens is 264 g/mol. The highest BCUT2D eigenvalue weighted by Gasteiger charge is 2.53. The fourth-order valence-corrected chi connectivity index (χ4v) is 2.58. The Morgan fingerprint density at radius 1 is 1.20 bits per heavy atom. The third-order valence-electron chi connectivity index (χ3n) is 3.70. The molecule has 20 heavy (non-hydrogen) atoms. The van der Waals surface area contributed by atoms with Gasteiger partial charge in [-0.2, -0.15) is 0 Å². The van der Waals surface area contributed by atoms with Gasteiger partial charge in [-0.05, 0) is 12.5 Å². The number of esters is 1. The predicted molar refractivity (Wildman–Crippen MR) is 66.6 cm³/mol. The van der Waals surface area contributed by atoms with Crippen molar-refractivity contribution in [2.24, 2.45) is 0 Å². The van der Waals surface area contributed by atoms with Gasteiger partial charge in [-0.3, -0.25) is 0 Å². The number of aliphatic hydroxyl groups is 2. The van der Waals surface area contributed by atoms with Crippen LogP contribution in [0.5, 0.6) is 0 Å². The Balaban J connectivity index is 1.89. The minimum Gasteiger partial charge on any atom is -0.455 e. The predicted octanol–water partition coefficient (Wildman–Crippen LogP) is 0.0562. The van der Waals surface area contributed by atoms with E-state index in [1.54, 1.807) is 0 Å². The minimum absolute atomic E-state index is 0.313. The number of hydrogen-bond donors (Lipinski definition) is 2. The normalized spacial score (nSPS) is 36.5. The molecule has 0 aliphatic carbocycles. The summed E-state index contributed by atoms with van der Waals surface area (Å²) in [6.45, 7) is 1.60. The molecule has 2 aliphatic rings. The standard InChI is InChI=1S/C14H16O6/c1-7-4-2-3-5-8(7)14-18-9(6-15)11-12(20-14)10(16)13(17)19-11/h2-5,9-12,14-16H,6H2,1H3/t9-,10-,11+,12+,14?/m0/s1. The van der Waals surface area contributed by atoms with E-state index in [2.05, 4.69) is 0 Å². The zero-order valence-electron chi connectivity index (χ0n) is 10.9. The second kappa shape index (κ2) is 5.14. The Hall–Kier alpha value is -1.47. The van der Waals surface area contributed by atoms with Crippen molar-refractivity contribution < 1.29 is 29.2 Å². The van der Waals surface area contributed by atoms with E-state index < -0.39 is 36.7 Å². The lowest BCUT2D eigenvalue weighted by molar-refractivity contribution is -0.288. The van der Waals surface area contributed by atoms with Gasteiger partial charge in [0.05, 0.1) is 6.61 Å². The van der Waals surface area contributed by atoms with Gasteiger partial charge in [0.25, 0.3) is 0 Å². The monoisotopic (exact) mass is 280 g/mol. The number of ether oxygens (including phenoxy) is 3. The molecule has 2 aliphatic heterocycles. The number of aryl methyl sites for hydroxylation is 1. The lowest BCUT2D eigenvalue weighted by Gasteiger charge is -2.37. The summed E-state index contributed by atoms with van der Waals surface area (Å²) in [5.41, 5.74) is 1.77. The van der Waals surface area contributed by atoms with Crippen LogP contribution in [0.25, 0.3) is 0 Å². The van der Waals surface area contributed by atoms with Crippen molar-refractivity contribution >= 4 is 5.97 Å². The maximum Gasteiger partial charge on any atom is 0.338 e. The lowest BCUT2D eigenvalue weighted by atomic mass is 10.0. The van der Waals surface area contributed by atoms with E-state index >= 15 is 0 Å². The molecule has 6 nitrogen and oxygen atoms in total. The zero-order chi connectivity index (χ0) is 14.3. The molecule has 0 amide bonds. The second-order valence-corrected chi connectivity index (χ2v) is 4.99. The van der Waals surface area contributed by atoms with Gasteiger partial charge in [0, 0.05) is 5.56 Å². The Labute approximate surface area is 115 Å². The van der Waals surface area contributed by atoms with Crippen LogP contribution in [0.15, 0.2) is 24.3 Å². The average molecular weight is 280 g/mol. The summed E-state index contributed by atoms with van der Waals surface area (Å²) in [6, 6.07) is 7.50. The number of fused-ring (bicyclic) bond motifs is 1. The van der Waals surface area contributed by atoms with Crippen LogP contribution >= 0.6 is 0 Å². The topological polar surface area (TPSA) is 85.2 Å². The fourth-order valence-electron chi connectivity index (χ4n) is 2.58. The van der Waals surface area contributed by atoms with E-state index in [4.69, 9.17) is 14.2 Å². The molecule has 0 radical (unpaired) electrons. The Kier molecular flexibility index (Phi) is 3.47. The highest BCUT2D eigenvalue weighted by molar-refractivity contribution is 5.78. The fraction of sp³-hybridized carbons (Fsp3) is 0.500. The van der Waals surface area contributed by atoms with Crippen LogP contribution in [-0.4, -0.2) is 47.2 Å². The molecule has 1 aromatic rings. The molecule has 0 saturated carbocycles. The molecule has 0 bridgehead atoms. The second-order valence-electron chi connectivity index (χ2n) is 4.99. The summed E-state index contributed by atoms with van der Waals surface area (Å²) in [5, 5.41) is 19.2. The summed E-state index contributed by atoms with van der Waals surface area (Å²) < 4.78 is 16.3. The summed E-state index contributed by atoms with van der Waals surface area (Å²) in [6.07, 6.45) is -4.39. The van der Waals surface area contributed by atoms with Crippen LogP contribution in [0.2, 0.25) is 0 Å². The third kappa shape index (κ3) is 2.10. The first-order valence-corrected chi connectivity index (χ1v) is 6.47. The Morgan fingerprint density at radius 2 is 1.95 bits per heavy atom. The largest absolute Gasteiger partial charge is 0.455 e. The zero-order valence-corrected chi connectivity index (χ0v) is 10.9. The molecule has 0 spiro atoms. The summed E-state index contributed by atoms with van der Waals surface area (Å²) in [5.74, 6) is -0.743. The first-order chi connectivity index (χ1) is 9.61. The van der Waals surface area contributed by atoms with Crippen molar-refractivity contribution in [3.63, 3.8) is 0 Å². The molecule has 1 aromatic carbocycles. The van der Waals surface area contributed by atoms with Crippen LogP contribution in [0.1, 0.15) is 17.4 Å². The van der Waals surface area contributed by atoms with Gasteiger partial charge in [-0.1, -0.05) is 24.3 Å². The van der Waals surface area contributed by atoms with E-state index in [9.17, 15) is 15.0 Å². The van der Waals surface area contributed by atoms with Crippen molar-refractivity contribution in [2.75, 3.05) is 6.61 Å². The SMILES string of the molecule is Cc1ccccc1C1O[C@H]2[C@H](OC(=O)[C@H]2O)[C@H](CO)O1. The van der Waals surface area contributed by atoms with Crippen molar-refractivity contribution in [3.05, 3.63) is 35.4 Å². The molecular formula is C14H16O6. The highest BCUT2D eigenvalue weighted by atomic mass is 16.7. The van der Waals surface area contributed by atoms with Crippen LogP contribution in [-0.2, 0) is 19.0 Å². The van der Waals surface area contributed by atoms with Crippen molar-refractivity contribution in [1.29, 1.82) is 0 Å². The van der Waals surface area contributed by atoms with Crippen molar-refractivity contribution in [1.82, 2.24) is 0 Å². The smallest absolute Gasteiger partial charge is 0.338 e. The van der Waals surface area contributed by atoms with Gasteiger partial charge >= 0.3 is 5.97 Å². The number of rotatable bonds is 2. The van der Waals surface area contributed by atoms with Crippen LogP contribution in [0.3, 0.4) is 0 Å². The number of carbonyl (C=O) groups excluding carboxylic acids is 1. The molecule has 2 fully saturated rings. The van der Waals surface area contributed by atoms with Gasteiger partial charge in [0.15, 0.2) is 18.5 Å². The molecule has 108 valence electrons. The molecule has 5 atom stereocenters. The maximum atomic E-state index is 11.4. The Morgan fingerprint density at radius 3 is 2.65 bits per heavy atom. The quantitative estimate of drug-likeness (QED) is 0.745. The van der Waals surface area contributed by atoms with Crippen LogP contribution < -0.4 is 0 Å². The highest BCUT2D eigenvalue weighted by Crippen LogP contribution is 2.37. The van der Waals surface area contributed by atoms with E-state index in [1.807, 2.05) is 31.2 Å². The van der Waals surface area contributed by atoms with E-state index in [0.29, 0.717) is 0 Å². The van der Waals surface area contributed by atoms with Gasteiger partial charge < -0.3 is 24.4 Å². The van der Waals surface area contributed by atoms with Crippen molar-refractivity contribution in [3.8, 4) is 0 Å². The van der Waals surface area contributed by atoms with Crippen molar-refractivity contribution in [2.45, 2.75) is 37.6 Å². The first kappa shape index (κ1) is 13.5. The average Bonchev–Trinajstić information content (AvgIpc) is 2.74.